The van der Waals surface area contributed by atoms with Gasteiger partial charge in [0.1, 0.15) is 53.5 Å². The van der Waals surface area contributed by atoms with Crippen molar-refractivity contribution in [3.63, 3.8) is 0 Å². The molecule has 4 unspecified atom stereocenters. The molecule has 0 aromatic heterocycles. The van der Waals surface area contributed by atoms with Crippen LogP contribution in [0.3, 0.4) is 0 Å². The van der Waals surface area contributed by atoms with E-state index < -0.39 is 67.2 Å². The van der Waals surface area contributed by atoms with Crippen LogP contribution >= 0.6 is 0 Å². The molecule has 0 amide bonds. The summed E-state index contributed by atoms with van der Waals surface area (Å²) in [4.78, 5) is 11.8. The molecule has 1 saturated heterocycles. The minimum Gasteiger partial charge on any atom is -0.508 e. The van der Waals surface area contributed by atoms with E-state index in [9.17, 15) is 40.5 Å². The first-order valence-corrected chi connectivity index (χ1v) is 11.1. The maximum atomic E-state index is 11.8. The monoisotopic (exact) mass is 504 g/mol. The summed E-state index contributed by atoms with van der Waals surface area (Å²) in [6.45, 7) is -0.667. The number of benzene rings is 2. The van der Waals surface area contributed by atoms with E-state index in [2.05, 4.69) is 0 Å². The number of ether oxygens (including phenoxy) is 4. The lowest BCUT2D eigenvalue weighted by Gasteiger charge is -2.45. The molecular weight excluding hydrogens is 480 g/mol. The largest absolute Gasteiger partial charge is 0.508 e. The van der Waals surface area contributed by atoms with Gasteiger partial charge in [-0.15, -0.1) is 0 Å². The van der Waals surface area contributed by atoms with Gasteiger partial charge in [0.25, 0.3) is 0 Å². The summed E-state index contributed by atoms with van der Waals surface area (Å²) in [5, 5.41) is 70.0. The zero-order valence-electron chi connectivity index (χ0n) is 18.5. The standard InChI is InChI=1S/C24H24O12/c25-8-16-18(28)19(29)20(30)24(35-16)36-22-12-7-15(23(31)32)33-13-5-11(27)6-14(17(12)13)34-21(22)9-1-3-10(26)4-2-9/h1-7,12,16,18-22,24-30H,8H2,(H,31,32)/t12?,16-,18-,19+,20-,21?,22?,24?/m1/s1. The van der Waals surface area contributed by atoms with Crippen LogP contribution in [0.2, 0.25) is 0 Å². The normalized spacial score (nSPS) is 33.1. The highest BCUT2D eigenvalue weighted by atomic mass is 16.7. The summed E-state index contributed by atoms with van der Waals surface area (Å²) >= 11 is 0. The zero-order chi connectivity index (χ0) is 25.7. The van der Waals surface area contributed by atoms with Crippen molar-refractivity contribution in [3.8, 4) is 23.0 Å². The van der Waals surface area contributed by atoms with Crippen molar-refractivity contribution < 1.29 is 59.5 Å². The molecule has 0 aliphatic carbocycles. The SMILES string of the molecule is O=C(O)C1=CC2c3c(cc(O)cc3OC(c3ccc(O)cc3)C2OC2O[C@H](CO)[C@@H](O)[C@H](O)[C@H]2O)O1. The Balaban J connectivity index is 1.61. The second kappa shape index (κ2) is 9.24. The van der Waals surface area contributed by atoms with Gasteiger partial charge in [0.15, 0.2) is 12.4 Å². The fourth-order valence-electron chi connectivity index (χ4n) is 4.68. The Morgan fingerprint density at radius 3 is 2.31 bits per heavy atom. The minimum atomic E-state index is -1.72. The molecule has 2 aromatic rings. The smallest absolute Gasteiger partial charge is 0.371 e. The van der Waals surface area contributed by atoms with Gasteiger partial charge in [-0.2, -0.15) is 0 Å². The van der Waals surface area contributed by atoms with E-state index in [-0.39, 0.29) is 23.0 Å². The van der Waals surface area contributed by atoms with Gasteiger partial charge >= 0.3 is 5.97 Å². The second-order valence-electron chi connectivity index (χ2n) is 8.75. The number of carbonyl (C=O) groups is 1. The molecule has 0 radical (unpaired) electrons. The van der Waals surface area contributed by atoms with Gasteiger partial charge in [-0.3, -0.25) is 0 Å². The first kappa shape index (κ1) is 24.3. The third-order valence-electron chi connectivity index (χ3n) is 6.45. The number of aliphatic hydroxyl groups is 4. The van der Waals surface area contributed by atoms with Gasteiger partial charge in [-0.1, -0.05) is 12.1 Å². The third kappa shape index (κ3) is 4.13. The van der Waals surface area contributed by atoms with Crippen LogP contribution in [0.5, 0.6) is 23.0 Å². The highest BCUT2D eigenvalue weighted by Gasteiger charge is 2.50. The number of carboxylic acid groups (broad SMARTS) is 1. The van der Waals surface area contributed by atoms with Crippen molar-refractivity contribution in [1.82, 2.24) is 0 Å². The van der Waals surface area contributed by atoms with Crippen molar-refractivity contribution in [1.29, 1.82) is 0 Å². The molecule has 5 rings (SSSR count). The highest BCUT2D eigenvalue weighted by molar-refractivity contribution is 5.86. The summed E-state index contributed by atoms with van der Waals surface area (Å²) in [7, 11) is 0. The number of phenolic OH excluding ortho intramolecular Hbond substituents is 2. The molecule has 12 nitrogen and oxygen atoms in total. The van der Waals surface area contributed by atoms with Crippen LogP contribution in [0, 0.1) is 0 Å². The van der Waals surface area contributed by atoms with Gasteiger partial charge in [-0.05, 0) is 23.8 Å². The summed E-state index contributed by atoms with van der Waals surface area (Å²) < 4.78 is 23.2. The summed E-state index contributed by atoms with van der Waals surface area (Å²) in [6, 6.07) is 8.51. The molecule has 3 heterocycles. The Hall–Kier alpha value is -3.39. The van der Waals surface area contributed by atoms with Crippen molar-refractivity contribution >= 4 is 5.97 Å². The topological polar surface area (TPSA) is 196 Å². The second-order valence-corrected chi connectivity index (χ2v) is 8.75. The molecule has 36 heavy (non-hydrogen) atoms. The predicted molar refractivity (Wildman–Crippen MR) is 117 cm³/mol. The molecule has 7 N–H and O–H groups in total. The summed E-state index contributed by atoms with van der Waals surface area (Å²) in [6.07, 6.45) is -8.55. The Morgan fingerprint density at radius 2 is 1.64 bits per heavy atom. The van der Waals surface area contributed by atoms with Gasteiger partial charge in [0.2, 0.25) is 5.76 Å². The van der Waals surface area contributed by atoms with Gasteiger partial charge in [0.05, 0.1) is 6.61 Å². The van der Waals surface area contributed by atoms with Crippen molar-refractivity contribution in [2.45, 2.75) is 48.8 Å². The number of aliphatic hydroxyl groups excluding tert-OH is 4. The van der Waals surface area contributed by atoms with Gasteiger partial charge in [-0.25, -0.2) is 4.79 Å². The fraction of sp³-hybridized carbons (Fsp3) is 0.375. The van der Waals surface area contributed by atoms with E-state index in [1.807, 2.05) is 0 Å². The molecule has 1 fully saturated rings. The molecule has 3 aliphatic heterocycles. The van der Waals surface area contributed by atoms with Gasteiger partial charge in [0, 0.05) is 23.6 Å². The number of phenols is 2. The number of rotatable bonds is 5. The minimum absolute atomic E-state index is 0.0135. The van der Waals surface area contributed by atoms with E-state index in [1.165, 1.54) is 30.3 Å². The molecule has 0 bridgehead atoms. The number of aromatic hydroxyl groups is 2. The Morgan fingerprint density at radius 1 is 0.944 bits per heavy atom. The average Bonchev–Trinajstić information content (AvgIpc) is 2.85. The fourth-order valence-corrected chi connectivity index (χ4v) is 4.68. The van der Waals surface area contributed by atoms with Crippen LogP contribution < -0.4 is 9.47 Å². The number of carboxylic acids is 1. The summed E-state index contributed by atoms with van der Waals surface area (Å²) in [5.41, 5.74) is 0.872. The van der Waals surface area contributed by atoms with Gasteiger partial charge < -0.3 is 54.7 Å². The number of hydrogen-bond donors (Lipinski definition) is 7. The van der Waals surface area contributed by atoms with E-state index in [1.54, 1.807) is 12.1 Å². The van der Waals surface area contributed by atoms with Crippen LogP contribution in [-0.4, -0.2) is 85.1 Å². The molecule has 0 spiro atoms. The van der Waals surface area contributed by atoms with Crippen LogP contribution in [0.4, 0.5) is 0 Å². The molecule has 3 aliphatic rings. The molecule has 2 aromatic carbocycles. The number of hydrogen-bond acceptors (Lipinski definition) is 11. The quantitative estimate of drug-likeness (QED) is 0.285. The molecule has 0 saturated carbocycles. The predicted octanol–water partition coefficient (Wildman–Crippen LogP) is -0.139. The van der Waals surface area contributed by atoms with Crippen LogP contribution in [0.15, 0.2) is 48.2 Å². The third-order valence-corrected chi connectivity index (χ3v) is 6.45. The van der Waals surface area contributed by atoms with Crippen LogP contribution in [0.1, 0.15) is 23.1 Å². The van der Waals surface area contributed by atoms with Crippen molar-refractivity contribution in [2.75, 3.05) is 6.61 Å². The molecular formula is C24H24O12. The molecule has 192 valence electrons. The first-order valence-electron chi connectivity index (χ1n) is 11.1. The van der Waals surface area contributed by atoms with Crippen LogP contribution in [-0.2, 0) is 14.3 Å². The Bertz CT molecular complexity index is 1180. The summed E-state index contributed by atoms with van der Waals surface area (Å²) in [5.74, 6) is -2.67. The maximum Gasteiger partial charge on any atom is 0.371 e. The Kier molecular flexibility index (Phi) is 6.24. The lowest BCUT2D eigenvalue weighted by atomic mass is 9.82. The number of aliphatic carboxylic acids is 1. The molecule has 8 atom stereocenters. The van der Waals surface area contributed by atoms with Crippen molar-refractivity contribution in [2.24, 2.45) is 0 Å². The average molecular weight is 504 g/mol. The van der Waals surface area contributed by atoms with Crippen molar-refractivity contribution in [3.05, 3.63) is 59.4 Å². The van der Waals surface area contributed by atoms with E-state index in [0.29, 0.717) is 11.1 Å². The lowest BCUT2D eigenvalue weighted by Crippen LogP contribution is -2.60. The molecule has 12 heteroatoms. The van der Waals surface area contributed by atoms with Crippen LogP contribution in [0.25, 0.3) is 0 Å². The maximum absolute atomic E-state index is 11.8. The lowest BCUT2D eigenvalue weighted by molar-refractivity contribution is -0.318. The van der Waals surface area contributed by atoms with E-state index >= 15 is 0 Å². The van der Waals surface area contributed by atoms with E-state index in [4.69, 9.17) is 18.9 Å². The zero-order valence-corrected chi connectivity index (χ0v) is 18.5. The van der Waals surface area contributed by atoms with E-state index in [0.717, 1.165) is 0 Å². The first-order chi connectivity index (χ1) is 17.2. The highest BCUT2D eigenvalue weighted by Crippen LogP contribution is 2.53. The Labute approximate surface area is 203 Å².